The van der Waals surface area contributed by atoms with Crippen LogP contribution in [0.3, 0.4) is 0 Å². The van der Waals surface area contributed by atoms with Crippen LogP contribution < -0.4 is 0 Å². The molecule has 0 spiro atoms. The van der Waals surface area contributed by atoms with E-state index in [1.54, 1.807) is 3.71 Å². The van der Waals surface area contributed by atoms with E-state index < -0.39 is 0 Å². The van der Waals surface area contributed by atoms with E-state index in [0.29, 0.717) is 0 Å². The molecule has 1 N–H and O–H groups in total. The van der Waals surface area contributed by atoms with E-state index in [0.717, 1.165) is 0 Å². The Morgan fingerprint density at radius 2 is 2.25 bits per heavy atom. The van der Waals surface area contributed by atoms with Crippen molar-refractivity contribution in [2.75, 3.05) is 6.61 Å². The van der Waals surface area contributed by atoms with E-state index in [1.807, 2.05) is 0 Å². The summed E-state index contributed by atoms with van der Waals surface area (Å²) in [6.07, 6.45) is 0. The molecule has 0 unspecified atom stereocenters. The third kappa shape index (κ3) is 2.71. The van der Waals surface area contributed by atoms with E-state index in [1.165, 1.54) is 24.2 Å². The minimum atomic E-state index is 0.234. The van der Waals surface area contributed by atoms with Crippen molar-refractivity contribution in [2.24, 2.45) is 0 Å². The molecule has 0 radical (unpaired) electrons. The molecular formula is C2H4OZr. The minimum absolute atomic E-state index is 0.234. The number of rotatable bonds is 1. The van der Waals surface area contributed by atoms with Gasteiger partial charge in [0, 0.05) is 0 Å². The zero-order chi connectivity index (χ0) is 3.41. The van der Waals surface area contributed by atoms with Crippen molar-refractivity contribution in [1.82, 2.24) is 0 Å². The molecule has 0 aliphatic heterocycles. The number of hydrogen-bond donors (Lipinski definition) is 1. The normalized spacial score (nSPS) is 6.00. The summed E-state index contributed by atoms with van der Waals surface area (Å²) in [5, 5.41) is 7.84. The number of aliphatic hydroxyl groups is 1. The molecule has 0 atom stereocenters. The van der Waals surface area contributed by atoms with E-state index >= 15 is 0 Å². The van der Waals surface area contributed by atoms with Gasteiger partial charge in [0.05, 0.1) is 0 Å². The molecule has 0 aromatic heterocycles. The first-order valence-corrected chi connectivity index (χ1v) is 2.43. The summed E-state index contributed by atoms with van der Waals surface area (Å²) in [4.78, 5) is 0. The van der Waals surface area contributed by atoms with Crippen molar-refractivity contribution in [1.29, 1.82) is 0 Å². The van der Waals surface area contributed by atoms with Gasteiger partial charge in [0.2, 0.25) is 0 Å². The van der Waals surface area contributed by atoms with Crippen molar-refractivity contribution in [3.63, 3.8) is 0 Å². The average molecular weight is 135 g/mol. The van der Waals surface area contributed by atoms with E-state index in [-0.39, 0.29) is 6.61 Å². The topological polar surface area (TPSA) is 20.2 Å². The van der Waals surface area contributed by atoms with Gasteiger partial charge in [0.1, 0.15) is 0 Å². The molecular weight excluding hydrogens is 131 g/mol. The molecule has 0 saturated heterocycles. The standard InChI is InChI=1S/C2H4O.Zr/c1-2-3;/h1,3H,2H2;. The first-order chi connectivity index (χ1) is 1.91. The van der Waals surface area contributed by atoms with E-state index in [4.69, 9.17) is 5.11 Å². The molecule has 0 rings (SSSR count). The maximum atomic E-state index is 7.84. The van der Waals surface area contributed by atoms with Crippen LogP contribution in [0.5, 0.6) is 0 Å². The van der Waals surface area contributed by atoms with Crippen LogP contribution in [-0.4, -0.2) is 15.4 Å². The summed E-state index contributed by atoms with van der Waals surface area (Å²) >= 11 is 1.29. The third-order valence-electron chi connectivity index (χ3n) is 0.0913. The molecule has 0 heterocycles. The fourth-order valence-corrected chi connectivity index (χ4v) is 0. The summed E-state index contributed by atoms with van der Waals surface area (Å²) in [5.41, 5.74) is 0. The van der Waals surface area contributed by atoms with Crippen LogP contribution in [-0.2, 0) is 24.2 Å². The van der Waals surface area contributed by atoms with Crippen molar-refractivity contribution < 1.29 is 29.3 Å². The summed E-state index contributed by atoms with van der Waals surface area (Å²) in [5.74, 6) is 0. The molecule has 0 fully saturated rings. The van der Waals surface area contributed by atoms with Gasteiger partial charge in [-0.15, -0.1) is 0 Å². The summed E-state index contributed by atoms with van der Waals surface area (Å²) in [6, 6.07) is 0. The summed E-state index contributed by atoms with van der Waals surface area (Å²) in [7, 11) is 0. The first kappa shape index (κ1) is 4.71. The van der Waals surface area contributed by atoms with Crippen LogP contribution in [0.1, 0.15) is 0 Å². The van der Waals surface area contributed by atoms with Gasteiger partial charge in [-0.25, -0.2) is 0 Å². The quantitative estimate of drug-likeness (QED) is 0.505. The predicted octanol–water partition coefficient (Wildman–Crippen LogP) is -0.672. The van der Waals surface area contributed by atoms with Gasteiger partial charge in [-0.05, 0) is 0 Å². The van der Waals surface area contributed by atoms with Crippen molar-refractivity contribution >= 4 is 3.71 Å². The zero-order valence-corrected chi connectivity index (χ0v) is 4.69. The van der Waals surface area contributed by atoms with Gasteiger partial charge >= 0.3 is 39.7 Å². The molecule has 2 heteroatoms. The first-order valence-electron chi connectivity index (χ1n) is 1.01. The fourth-order valence-electron chi connectivity index (χ4n) is 0. The van der Waals surface area contributed by atoms with Crippen molar-refractivity contribution in [2.45, 2.75) is 0 Å². The molecule has 0 aliphatic rings. The fraction of sp³-hybridized carbons (Fsp3) is 0.500. The second-order valence-electron chi connectivity index (χ2n) is 0.387. The van der Waals surface area contributed by atoms with Crippen LogP contribution in [0, 0.1) is 0 Å². The summed E-state index contributed by atoms with van der Waals surface area (Å²) < 4.78 is 1.77. The Balaban J connectivity index is 2.30. The SMILES string of the molecule is OC[CH]=[Zr]. The second kappa shape index (κ2) is 3.71. The molecule has 4 heavy (non-hydrogen) atoms. The molecule has 22 valence electrons. The van der Waals surface area contributed by atoms with Gasteiger partial charge in [-0.1, -0.05) is 0 Å². The Hall–Kier alpha value is 0.713. The number of hydrogen-bond acceptors (Lipinski definition) is 1. The Bertz CT molecular complexity index is 20.0. The molecule has 1 nitrogen and oxygen atoms in total. The van der Waals surface area contributed by atoms with Crippen molar-refractivity contribution in [3.8, 4) is 0 Å². The van der Waals surface area contributed by atoms with Crippen LogP contribution in [0.4, 0.5) is 0 Å². The molecule has 0 aromatic carbocycles. The predicted molar refractivity (Wildman–Crippen MR) is 13.1 cm³/mol. The summed E-state index contributed by atoms with van der Waals surface area (Å²) in [6.45, 7) is 0.234. The molecule has 0 amide bonds. The van der Waals surface area contributed by atoms with Crippen LogP contribution in [0.2, 0.25) is 0 Å². The molecule has 0 bridgehead atoms. The second-order valence-corrected chi connectivity index (χ2v) is 1.39. The van der Waals surface area contributed by atoms with Crippen LogP contribution in [0.25, 0.3) is 0 Å². The number of aliphatic hydroxyl groups excluding tert-OH is 1. The van der Waals surface area contributed by atoms with E-state index in [2.05, 4.69) is 0 Å². The molecule has 0 aliphatic carbocycles. The Kier molecular flexibility index (Phi) is 4.38. The Morgan fingerprint density at radius 3 is 2.25 bits per heavy atom. The monoisotopic (exact) mass is 134 g/mol. The van der Waals surface area contributed by atoms with Gasteiger partial charge in [0.15, 0.2) is 0 Å². The maximum absolute atomic E-state index is 7.84. The van der Waals surface area contributed by atoms with Gasteiger partial charge < -0.3 is 0 Å². The third-order valence-corrected chi connectivity index (χ3v) is 0.540. The van der Waals surface area contributed by atoms with Crippen LogP contribution in [0.15, 0.2) is 0 Å². The van der Waals surface area contributed by atoms with Crippen LogP contribution >= 0.6 is 0 Å². The van der Waals surface area contributed by atoms with Crippen molar-refractivity contribution in [3.05, 3.63) is 0 Å². The Labute approximate surface area is 40.0 Å². The van der Waals surface area contributed by atoms with Gasteiger partial charge in [0.25, 0.3) is 0 Å². The van der Waals surface area contributed by atoms with Gasteiger partial charge in [-0.2, -0.15) is 0 Å². The molecule has 0 saturated carbocycles. The Morgan fingerprint density at radius 1 is 2.00 bits per heavy atom. The zero-order valence-electron chi connectivity index (χ0n) is 2.23. The average Bonchev–Trinajstić information content (AvgIpc) is 1.37. The molecule has 0 aromatic rings. The van der Waals surface area contributed by atoms with Gasteiger partial charge in [-0.3, -0.25) is 0 Å². The van der Waals surface area contributed by atoms with E-state index in [9.17, 15) is 0 Å².